The Labute approximate surface area is 128 Å². The molecule has 22 heavy (non-hydrogen) atoms. The third-order valence-electron chi connectivity index (χ3n) is 4.33. The minimum atomic E-state index is -0.225. The summed E-state index contributed by atoms with van der Waals surface area (Å²) < 4.78 is 7.31. The number of likely N-dealkylation sites (tertiary alicyclic amines) is 1. The lowest BCUT2D eigenvalue weighted by atomic mass is 10.1. The number of nitrogens with zero attached hydrogens (tertiary/aromatic N) is 4. The highest BCUT2D eigenvalue weighted by atomic mass is 16.5. The summed E-state index contributed by atoms with van der Waals surface area (Å²) in [7, 11) is 0. The van der Waals surface area contributed by atoms with E-state index in [-0.39, 0.29) is 18.1 Å². The standard InChI is InChI=1S/C16H18N4O2/c21-16(15-7-4-8-22-15)19-9-13(10-19)20-11-14(17-18-20)12-5-2-1-3-6-12/h1-3,5-6,11,13,15H,4,7-10H2/t15-/m0/s1. The fourth-order valence-electron chi connectivity index (χ4n) is 2.97. The van der Waals surface area contributed by atoms with Crippen molar-refractivity contribution in [2.24, 2.45) is 0 Å². The maximum Gasteiger partial charge on any atom is 0.251 e. The molecule has 6 heteroatoms. The molecule has 6 nitrogen and oxygen atoms in total. The lowest BCUT2D eigenvalue weighted by molar-refractivity contribution is -0.147. The van der Waals surface area contributed by atoms with Crippen LogP contribution in [0.4, 0.5) is 0 Å². The lowest BCUT2D eigenvalue weighted by Gasteiger charge is -2.39. The van der Waals surface area contributed by atoms with Crippen LogP contribution in [0.15, 0.2) is 36.5 Å². The van der Waals surface area contributed by atoms with Gasteiger partial charge < -0.3 is 9.64 Å². The molecular weight excluding hydrogens is 280 g/mol. The molecule has 1 amide bonds. The number of hydrogen-bond donors (Lipinski definition) is 0. The molecular formula is C16H18N4O2. The molecule has 0 aliphatic carbocycles. The zero-order valence-corrected chi connectivity index (χ0v) is 12.3. The van der Waals surface area contributed by atoms with E-state index in [0.717, 1.165) is 24.1 Å². The van der Waals surface area contributed by atoms with Crippen molar-refractivity contribution in [3.8, 4) is 11.3 Å². The van der Waals surface area contributed by atoms with Gasteiger partial charge in [0.2, 0.25) is 0 Å². The summed E-state index contributed by atoms with van der Waals surface area (Å²) in [4.78, 5) is 14.0. The summed E-state index contributed by atoms with van der Waals surface area (Å²) in [6, 6.07) is 10.2. The van der Waals surface area contributed by atoms with Gasteiger partial charge in [0, 0.05) is 25.3 Å². The van der Waals surface area contributed by atoms with Crippen LogP contribution in [0.25, 0.3) is 11.3 Å². The number of carbonyl (C=O) groups excluding carboxylic acids is 1. The molecule has 2 aliphatic rings. The van der Waals surface area contributed by atoms with Gasteiger partial charge in [0.15, 0.2) is 0 Å². The molecule has 0 bridgehead atoms. The number of ether oxygens (including phenoxy) is 1. The summed E-state index contributed by atoms with van der Waals surface area (Å²) in [6.07, 6.45) is 3.56. The summed E-state index contributed by atoms with van der Waals surface area (Å²) in [6.45, 7) is 2.09. The van der Waals surface area contributed by atoms with Crippen molar-refractivity contribution in [1.29, 1.82) is 0 Å². The summed E-state index contributed by atoms with van der Waals surface area (Å²) in [5.74, 6) is 0.122. The van der Waals surface area contributed by atoms with Crippen LogP contribution in [0.5, 0.6) is 0 Å². The quantitative estimate of drug-likeness (QED) is 0.862. The topological polar surface area (TPSA) is 60.2 Å². The van der Waals surface area contributed by atoms with Crippen molar-refractivity contribution in [3.63, 3.8) is 0 Å². The molecule has 3 heterocycles. The SMILES string of the molecule is O=C([C@@H]1CCCO1)N1CC(n2cc(-c3ccccc3)nn2)C1. The summed E-state index contributed by atoms with van der Waals surface area (Å²) in [5.41, 5.74) is 1.92. The van der Waals surface area contributed by atoms with Gasteiger partial charge >= 0.3 is 0 Å². The zero-order chi connectivity index (χ0) is 14.9. The number of carbonyl (C=O) groups is 1. The van der Waals surface area contributed by atoms with Gasteiger partial charge in [-0.2, -0.15) is 0 Å². The van der Waals surface area contributed by atoms with Gasteiger partial charge in [-0.15, -0.1) is 5.10 Å². The number of hydrogen-bond acceptors (Lipinski definition) is 4. The van der Waals surface area contributed by atoms with Gasteiger partial charge in [-0.3, -0.25) is 4.79 Å². The van der Waals surface area contributed by atoms with Gasteiger partial charge in [0.1, 0.15) is 11.8 Å². The lowest BCUT2D eigenvalue weighted by Crippen LogP contribution is -2.53. The molecule has 1 aromatic carbocycles. The molecule has 1 aromatic heterocycles. The van der Waals surface area contributed by atoms with Crippen molar-refractivity contribution in [3.05, 3.63) is 36.5 Å². The van der Waals surface area contributed by atoms with Gasteiger partial charge in [0.05, 0.1) is 12.2 Å². The van der Waals surface area contributed by atoms with Gasteiger partial charge in [0.25, 0.3) is 5.91 Å². The van der Waals surface area contributed by atoms with Crippen LogP contribution < -0.4 is 0 Å². The van der Waals surface area contributed by atoms with Crippen LogP contribution in [0.1, 0.15) is 18.9 Å². The van der Waals surface area contributed by atoms with E-state index in [0.29, 0.717) is 19.7 Å². The first-order valence-electron chi connectivity index (χ1n) is 7.69. The molecule has 2 saturated heterocycles. The zero-order valence-electron chi connectivity index (χ0n) is 12.3. The average molecular weight is 298 g/mol. The Morgan fingerprint density at radius 2 is 2.05 bits per heavy atom. The van der Waals surface area contributed by atoms with E-state index in [4.69, 9.17) is 4.74 Å². The number of benzene rings is 1. The molecule has 0 spiro atoms. The number of aromatic nitrogens is 3. The monoisotopic (exact) mass is 298 g/mol. The fraction of sp³-hybridized carbons (Fsp3) is 0.438. The van der Waals surface area contributed by atoms with Crippen LogP contribution in [-0.4, -0.2) is 51.6 Å². The predicted octanol–water partition coefficient (Wildman–Crippen LogP) is 1.51. The first-order chi connectivity index (χ1) is 10.8. The van der Waals surface area contributed by atoms with Gasteiger partial charge in [-0.1, -0.05) is 35.5 Å². The Morgan fingerprint density at radius 3 is 2.77 bits per heavy atom. The minimum Gasteiger partial charge on any atom is -0.368 e. The van der Waals surface area contributed by atoms with Crippen molar-refractivity contribution in [2.75, 3.05) is 19.7 Å². The molecule has 114 valence electrons. The van der Waals surface area contributed by atoms with Crippen LogP contribution in [0.2, 0.25) is 0 Å². The Bertz CT molecular complexity index is 658. The third-order valence-corrected chi connectivity index (χ3v) is 4.33. The van der Waals surface area contributed by atoms with Crippen LogP contribution in [0, 0.1) is 0 Å². The first kappa shape index (κ1) is 13.5. The second-order valence-corrected chi connectivity index (χ2v) is 5.85. The van der Waals surface area contributed by atoms with E-state index >= 15 is 0 Å². The fourth-order valence-corrected chi connectivity index (χ4v) is 2.97. The summed E-state index contributed by atoms with van der Waals surface area (Å²) >= 11 is 0. The average Bonchev–Trinajstić information content (AvgIpc) is 3.18. The molecule has 2 fully saturated rings. The summed E-state index contributed by atoms with van der Waals surface area (Å²) in [5, 5.41) is 8.42. The van der Waals surface area contributed by atoms with Crippen molar-refractivity contribution in [1.82, 2.24) is 19.9 Å². The van der Waals surface area contributed by atoms with Crippen molar-refractivity contribution in [2.45, 2.75) is 25.0 Å². The second-order valence-electron chi connectivity index (χ2n) is 5.85. The van der Waals surface area contributed by atoms with Crippen molar-refractivity contribution >= 4 is 5.91 Å². The van der Waals surface area contributed by atoms with Crippen LogP contribution >= 0.6 is 0 Å². The van der Waals surface area contributed by atoms with Crippen LogP contribution in [-0.2, 0) is 9.53 Å². The van der Waals surface area contributed by atoms with Crippen LogP contribution in [0.3, 0.4) is 0 Å². The minimum absolute atomic E-state index is 0.122. The predicted molar refractivity (Wildman–Crippen MR) is 80.0 cm³/mol. The highest BCUT2D eigenvalue weighted by molar-refractivity contribution is 5.82. The third kappa shape index (κ3) is 2.39. The van der Waals surface area contributed by atoms with E-state index in [1.54, 1.807) is 0 Å². The molecule has 1 atom stereocenters. The largest absolute Gasteiger partial charge is 0.368 e. The van der Waals surface area contributed by atoms with E-state index < -0.39 is 0 Å². The molecule has 2 aliphatic heterocycles. The van der Waals surface area contributed by atoms with E-state index in [2.05, 4.69) is 10.3 Å². The molecule has 2 aromatic rings. The van der Waals surface area contributed by atoms with E-state index in [1.807, 2.05) is 46.1 Å². The molecule has 0 unspecified atom stereocenters. The molecule has 4 rings (SSSR count). The molecule has 0 radical (unpaired) electrons. The first-order valence-corrected chi connectivity index (χ1v) is 7.69. The Hall–Kier alpha value is -2.21. The maximum atomic E-state index is 12.2. The van der Waals surface area contributed by atoms with Crippen molar-refractivity contribution < 1.29 is 9.53 Å². The number of amides is 1. The Kier molecular flexibility index (Phi) is 3.38. The highest BCUT2D eigenvalue weighted by Crippen LogP contribution is 2.25. The normalized spacial score (nSPS) is 21.8. The molecule has 0 N–H and O–H groups in total. The van der Waals surface area contributed by atoms with Gasteiger partial charge in [-0.25, -0.2) is 4.68 Å². The van der Waals surface area contributed by atoms with Gasteiger partial charge in [-0.05, 0) is 12.8 Å². The second kappa shape index (κ2) is 5.53. The van der Waals surface area contributed by atoms with E-state index in [1.165, 1.54) is 0 Å². The Balaban J connectivity index is 1.39. The highest BCUT2D eigenvalue weighted by Gasteiger charge is 2.37. The van der Waals surface area contributed by atoms with E-state index in [9.17, 15) is 4.79 Å². The molecule has 0 saturated carbocycles. The number of rotatable bonds is 3. The smallest absolute Gasteiger partial charge is 0.251 e. The Morgan fingerprint density at radius 1 is 1.23 bits per heavy atom. The maximum absolute atomic E-state index is 12.2.